The minimum atomic E-state index is -0.815. The molecule has 3 heteroatoms. The smallest absolute Gasteiger partial charge is 0.302 e. The summed E-state index contributed by atoms with van der Waals surface area (Å²) in [4.78, 5) is 11.4. The maximum Gasteiger partial charge on any atom is 0.302 e. The standard InChI is InChI=1S/C32H54O3/c1-21(2)24-12-13-25-28(24,6)16-18-31(9)26-14-15-32(34,22(3)4)27(11-10-20-35-23(5)33)29(26,7)17-19-30(25,31)8/h21,24-27,34H,3,10-20H2,1-2,4-9H3/t24-,25-,26+,27+,28-,29-,30+,31-,32+/m1/s1. The predicted octanol–water partition coefficient (Wildman–Crippen LogP) is 7.96. The summed E-state index contributed by atoms with van der Waals surface area (Å²) in [6, 6.07) is 0. The van der Waals surface area contributed by atoms with Gasteiger partial charge < -0.3 is 9.84 Å². The van der Waals surface area contributed by atoms with Crippen molar-refractivity contribution in [2.24, 2.45) is 51.2 Å². The highest BCUT2D eigenvalue weighted by molar-refractivity contribution is 5.65. The monoisotopic (exact) mass is 486 g/mol. The Kier molecular flexibility index (Phi) is 6.91. The van der Waals surface area contributed by atoms with Gasteiger partial charge in [0.1, 0.15) is 0 Å². The van der Waals surface area contributed by atoms with Crippen molar-refractivity contribution in [2.75, 3.05) is 6.61 Å². The first-order chi connectivity index (χ1) is 16.2. The molecule has 0 aromatic rings. The number of aliphatic hydroxyl groups is 1. The Morgan fingerprint density at radius 3 is 2.03 bits per heavy atom. The van der Waals surface area contributed by atoms with E-state index in [1.54, 1.807) is 0 Å². The molecule has 4 aliphatic rings. The first kappa shape index (κ1) is 27.2. The molecule has 0 radical (unpaired) electrons. The third-order valence-electron chi connectivity index (χ3n) is 13.1. The normalized spacial score (nSPS) is 49.2. The number of rotatable bonds is 6. The average molecular weight is 487 g/mol. The fraction of sp³-hybridized carbons (Fsp3) is 0.906. The SMILES string of the molecule is C=C(C)[C@@]1(O)CC[C@H]2[C@@](C)(CC[C@@]3(C)[C@@H]4CC[C@H](C(C)C)[C@@]4(C)CC[C@]23C)[C@@H]1CCCOC(C)=O. The molecule has 0 amide bonds. The van der Waals surface area contributed by atoms with Crippen LogP contribution in [0, 0.1) is 51.2 Å². The number of hydrogen-bond acceptors (Lipinski definition) is 3. The lowest BCUT2D eigenvalue weighted by atomic mass is 9.33. The number of hydrogen-bond donors (Lipinski definition) is 1. The Hall–Kier alpha value is -0.830. The summed E-state index contributed by atoms with van der Waals surface area (Å²) in [7, 11) is 0. The van der Waals surface area contributed by atoms with Crippen LogP contribution >= 0.6 is 0 Å². The predicted molar refractivity (Wildman–Crippen MR) is 144 cm³/mol. The Labute approximate surface area is 215 Å². The lowest BCUT2D eigenvalue weighted by Crippen LogP contribution is -2.67. The Bertz CT molecular complexity index is 848. The van der Waals surface area contributed by atoms with Crippen LogP contribution in [0.5, 0.6) is 0 Å². The molecule has 0 aliphatic heterocycles. The van der Waals surface area contributed by atoms with Crippen LogP contribution in [0.2, 0.25) is 0 Å². The molecule has 4 fully saturated rings. The molecule has 0 aromatic carbocycles. The van der Waals surface area contributed by atoms with Crippen LogP contribution in [0.1, 0.15) is 120 Å². The molecule has 4 aliphatic carbocycles. The van der Waals surface area contributed by atoms with E-state index < -0.39 is 5.60 Å². The van der Waals surface area contributed by atoms with Gasteiger partial charge in [0, 0.05) is 6.92 Å². The fourth-order valence-corrected chi connectivity index (χ4v) is 11.2. The summed E-state index contributed by atoms with van der Waals surface area (Å²) < 4.78 is 5.30. The van der Waals surface area contributed by atoms with Crippen molar-refractivity contribution < 1.29 is 14.6 Å². The topological polar surface area (TPSA) is 46.5 Å². The molecule has 0 saturated heterocycles. The highest BCUT2D eigenvalue weighted by Gasteiger charge is 2.71. The summed E-state index contributed by atoms with van der Waals surface area (Å²) >= 11 is 0. The molecular formula is C32H54O3. The molecule has 200 valence electrons. The molecule has 4 rings (SSSR count). The van der Waals surface area contributed by atoms with Crippen molar-refractivity contribution in [2.45, 2.75) is 125 Å². The van der Waals surface area contributed by atoms with E-state index in [-0.39, 0.29) is 17.3 Å². The third kappa shape index (κ3) is 3.79. The van der Waals surface area contributed by atoms with Crippen molar-refractivity contribution in [3.63, 3.8) is 0 Å². The van der Waals surface area contributed by atoms with Gasteiger partial charge in [-0.1, -0.05) is 48.1 Å². The van der Waals surface area contributed by atoms with Crippen LogP contribution in [0.4, 0.5) is 0 Å². The van der Waals surface area contributed by atoms with Gasteiger partial charge in [-0.15, -0.1) is 0 Å². The zero-order chi connectivity index (χ0) is 26.0. The van der Waals surface area contributed by atoms with Crippen LogP contribution in [-0.4, -0.2) is 23.3 Å². The Balaban J connectivity index is 1.68. The summed E-state index contributed by atoms with van der Waals surface area (Å²) in [5, 5.41) is 12.0. The number of ether oxygens (including phenoxy) is 1. The second-order valence-electron chi connectivity index (χ2n) is 14.7. The van der Waals surface area contributed by atoms with Crippen molar-refractivity contribution >= 4 is 5.97 Å². The first-order valence-electron chi connectivity index (χ1n) is 14.7. The van der Waals surface area contributed by atoms with Crippen LogP contribution in [0.15, 0.2) is 12.2 Å². The largest absolute Gasteiger partial charge is 0.466 e. The molecule has 9 atom stereocenters. The van der Waals surface area contributed by atoms with Gasteiger partial charge in [-0.3, -0.25) is 4.79 Å². The van der Waals surface area contributed by atoms with E-state index in [9.17, 15) is 9.90 Å². The van der Waals surface area contributed by atoms with Gasteiger partial charge >= 0.3 is 5.97 Å². The van der Waals surface area contributed by atoms with Crippen molar-refractivity contribution in [1.29, 1.82) is 0 Å². The molecule has 0 aromatic heterocycles. The maximum atomic E-state index is 12.0. The number of carbonyl (C=O) groups is 1. The zero-order valence-corrected chi connectivity index (χ0v) is 24.1. The van der Waals surface area contributed by atoms with Gasteiger partial charge in [-0.25, -0.2) is 0 Å². The zero-order valence-electron chi connectivity index (χ0n) is 24.1. The molecule has 4 saturated carbocycles. The van der Waals surface area contributed by atoms with Gasteiger partial charge in [-0.05, 0) is 128 Å². The van der Waals surface area contributed by atoms with E-state index in [0.29, 0.717) is 28.8 Å². The van der Waals surface area contributed by atoms with Gasteiger partial charge in [0.05, 0.1) is 12.2 Å². The highest BCUT2D eigenvalue weighted by atomic mass is 16.5. The van der Waals surface area contributed by atoms with Gasteiger partial charge in [0.25, 0.3) is 0 Å². The highest BCUT2D eigenvalue weighted by Crippen LogP contribution is 2.77. The fourth-order valence-electron chi connectivity index (χ4n) is 11.2. The van der Waals surface area contributed by atoms with Crippen LogP contribution in [0.25, 0.3) is 0 Å². The Morgan fingerprint density at radius 1 is 0.914 bits per heavy atom. The molecule has 35 heavy (non-hydrogen) atoms. The Morgan fingerprint density at radius 2 is 1.49 bits per heavy atom. The van der Waals surface area contributed by atoms with E-state index >= 15 is 0 Å². The summed E-state index contributed by atoms with van der Waals surface area (Å²) in [6.45, 7) is 23.6. The third-order valence-corrected chi connectivity index (χ3v) is 13.1. The van der Waals surface area contributed by atoms with Crippen LogP contribution < -0.4 is 0 Å². The number of fused-ring (bicyclic) bond motifs is 5. The maximum absolute atomic E-state index is 12.0. The molecule has 0 bridgehead atoms. The molecule has 1 N–H and O–H groups in total. The molecule has 3 nitrogen and oxygen atoms in total. The molecular weight excluding hydrogens is 432 g/mol. The molecule has 0 spiro atoms. The quantitative estimate of drug-likeness (QED) is 0.235. The molecule has 0 heterocycles. The van der Waals surface area contributed by atoms with Gasteiger partial charge in [0.2, 0.25) is 0 Å². The van der Waals surface area contributed by atoms with Crippen molar-refractivity contribution in [3.05, 3.63) is 12.2 Å². The second kappa shape index (κ2) is 8.88. The average Bonchev–Trinajstić information content (AvgIpc) is 3.12. The van der Waals surface area contributed by atoms with E-state index in [1.165, 1.54) is 45.4 Å². The second-order valence-corrected chi connectivity index (χ2v) is 14.7. The lowest BCUT2D eigenvalue weighted by molar-refractivity contribution is -0.245. The summed E-state index contributed by atoms with van der Waals surface area (Å²) in [6.07, 6.45) is 11.6. The van der Waals surface area contributed by atoms with Crippen molar-refractivity contribution in [3.8, 4) is 0 Å². The van der Waals surface area contributed by atoms with Crippen LogP contribution in [-0.2, 0) is 9.53 Å². The van der Waals surface area contributed by atoms with E-state index in [0.717, 1.165) is 49.0 Å². The molecule has 0 unspecified atom stereocenters. The van der Waals surface area contributed by atoms with E-state index in [1.807, 2.05) is 6.92 Å². The van der Waals surface area contributed by atoms with Crippen molar-refractivity contribution in [1.82, 2.24) is 0 Å². The van der Waals surface area contributed by atoms with Gasteiger partial charge in [0.15, 0.2) is 0 Å². The van der Waals surface area contributed by atoms with Crippen LogP contribution in [0.3, 0.4) is 0 Å². The first-order valence-corrected chi connectivity index (χ1v) is 14.7. The van der Waals surface area contributed by atoms with E-state index in [2.05, 4.69) is 48.1 Å². The minimum Gasteiger partial charge on any atom is -0.466 e. The summed E-state index contributed by atoms with van der Waals surface area (Å²) in [5.41, 5.74) is 1.34. The number of esters is 1. The minimum absolute atomic E-state index is 0.0836. The van der Waals surface area contributed by atoms with E-state index in [4.69, 9.17) is 4.74 Å². The summed E-state index contributed by atoms with van der Waals surface area (Å²) in [5.74, 6) is 3.02. The number of carbonyl (C=O) groups excluding carboxylic acids is 1. The van der Waals surface area contributed by atoms with Gasteiger partial charge in [-0.2, -0.15) is 0 Å². The lowest BCUT2D eigenvalue weighted by Gasteiger charge is -2.72.